The molecule has 2 atom stereocenters. The van der Waals surface area contributed by atoms with Crippen LogP contribution < -0.4 is 15.5 Å². The summed E-state index contributed by atoms with van der Waals surface area (Å²) in [7, 11) is -3.80. The Kier molecular flexibility index (Phi) is 6.36. The van der Waals surface area contributed by atoms with Crippen molar-refractivity contribution in [1.82, 2.24) is 19.5 Å². The molecule has 2 aliphatic heterocycles. The first-order chi connectivity index (χ1) is 16.4. The highest BCUT2D eigenvalue weighted by atomic mass is 35.5. The van der Waals surface area contributed by atoms with Crippen LogP contribution in [0.15, 0.2) is 16.9 Å². The van der Waals surface area contributed by atoms with Gasteiger partial charge in [-0.3, -0.25) is 14.4 Å². The number of pyridine rings is 1. The van der Waals surface area contributed by atoms with E-state index in [2.05, 4.69) is 10.0 Å². The van der Waals surface area contributed by atoms with E-state index in [9.17, 15) is 36.7 Å². The van der Waals surface area contributed by atoms with Crippen LogP contribution in [0.3, 0.4) is 0 Å². The summed E-state index contributed by atoms with van der Waals surface area (Å²) in [6, 6.07) is 0.427. The predicted octanol–water partition coefficient (Wildman–Crippen LogP) is 1.43. The highest BCUT2D eigenvalue weighted by Gasteiger charge is 2.45. The second-order valence-electron chi connectivity index (χ2n) is 8.35. The van der Waals surface area contributed by atoms with E-state index in [0.29, 0.717) is 0 Å². The number of carbonyl (C=O) groups is 2. The Bertz CT molecular complexity index is 1430. The summed E-state index contributed by atoms with van der Waals surface area (Å²) in [6.45, 7) is 1.70. The Labute approximate surface area is 203 Å². The topological polar surface area (TPSA) is 138 Å². The molecule has 0 spiro atoms. The van der Waals surface area contributed by atoms with Crippen LogP contribution in [0.2, 0.25) is 5.02 Å². The largest absolute Gasteiger partial charge is 0.503 e. The average Bonchev–Trinajstić information content (AvgIpc) is 3.11. The Morgan fingerprint density at radius 3 is 2.60 bits per heavy atom. The van der Waals surface area contributed by atoms with Crippen LogP contribution in [0.4, 0.5) is 8.78 Å². The first kappa shape index (κ1) is 25.1. The maximum absolute atomic E-state index is 14.2. The normalized spacial score (nSPS) is 19.1. The zero-order valence-electron chi connectivity index (χ0n) is 18.6. The van der Waals surface area contributed by atoms with Gasteiger partial charge in [-0.25, -0.2) is 21.9 Å². The third kappa shape index (κ3) is 4.28. The number of sulfonamides is 1. The molecule has 1 aromatic carbocycles. The third-order valence-electron chi connectivity index (χ3n) is 6.07. The molecule has 4 rings (SSSR count). The van der Waals surface area contributed by atoms with E-state index < -0.39 is 73.9 Å². The fourth-order valence-electron chi connectivity index (χ4n) is 4.58. The Morgan fingerprint density at radius 1 is 1.29 bits per heavy atom. The zero-order valence-corrected chi connectivity index (χ0v) is 20.1. The Hall–Kier alpha value is -3.03. The van der Waals surface area contributed by atoms with Crippen molar-refractivity contribution >= 4 is 33.4 Å². The summed E-state index contributed by atoms with van der Waals surface area (Å²) in [5, 5.41) is 12.2. The number of amides is 2. The standard InChI is InChI=1S/C21H21ClF2N4O6S/c1-3-27-8-10-6-12(26-35(2,33)34)16-13(18(29)19(30)17(21(27)32)28(10)16)20(31)25-7-9-4-5-11(23)14(22)15(9)24/h4-5,10,12,26,30H,3,6-8H2,1-2H3,(H,25,31)/t10-,12-/m1/s1. The smallest absolute Gasteiger partial charge is 0.274 e. The summed E-state index contributed by atoms with van der Waals surface area (Å²) in [5.41, 5.74) is -2.32. The molecule has 1 aromatic heterocycles. The molecule has 14 heteroatoms. The van der Waals surface area contributed by atoms with Gasteiger partial charge in [0, 0.05) is 25.2 Å². The molecule has 2 amide bonds. The van der Waals surface area contributed by atoms with Crippen molar-refractivity contribution in [3.8, 4) is 5.75 Å². The van der Waals surface area contributed by atoms with Gasteiger partial charge in [-0.2, -0.15) is 0 Å². The second-order valence-corrected chi connectivity index (χ2v) is 10.5. The number of aromatic nitrogens is 1. The number of hydrogen-bond donors (Lipinski definition) is 3. The lowest BCUT2D eigenvalue weighted by Gasteiger charge is -2.33. The lowest BCUT2D eigenvalue weighted by molar-refractivity contribution is 0.0675. The number of aromatic hydroxyl groups is 1. The predicted molar refractivity (Wildman–Crippen MR) is 121 cm³/mol. The molecule has 0 saturated carbocycles. The first-order valence-electron chi connectivity index (χ1n) is 10.5. The summed E-state index contributed by atoms with van der Waals surface area (Å²) >= 11 is 5.56. The summed E-state index contributed by atoms with van der Waals surface area (Å²) in [6.07, 6.45) is 1.03. The number of rotatable bonds is 6. The molecule has 2 aliphatic rings. The lowest BCUT2D eigenvalue weighted by Crippen LogP contribution is -2.44. The van der Waals surface area contributed by atoms with Crippen LogP contribution in [0.5, 0.6) is 5.75 Å². The quantitative estimate of drug-likeness (QED) is 0.483. The Morgan fingerprint density at radius 2 is 1.97 bits per heavy atom. The fourth-order valence-corrected chi connectivity index (χ4v) is 5.49. The van der Waals surface area contributed by atoms with E-state index in [1.807, 2.05) is 0 Å². The van der Waals surface area contributed by atoms with Crippen molar-refractivity contribution in [3.05, 3.63) is 61.5 Å². The number of hydrogen-bond acceptors (Lipinski definition) is 6. The molecule has 10 nitrogen and oxygen atoms in total. The summed E-state index contributed by atoms with van der Waals surface area (Å²) < 4.78 is 55.4. The molecular weight excluding hydrogens is 510 g/mol. The van der Waals surface area contributed by atoms with Gasteiger partial charge in [-0.1, -0.05) is 17.7 Å². The van der Waals surface area contributed by atoms with Gasteiger partial charge in [0.15, 0.2) is 11.4 Å². The molecule has 0 radical (unpaired) electrons. The maximum Gasteiger partial charge on any atom is 0.274 e. The molecule has 0 bridgehead atoms. The molecular formula is C21H21ClF2N4O6S. The van der Waals surface area contributed by atoms with E-state index in [0.717, 1.165) is 18.4 Å². The number of halogens is 3. The highest BCUT2D eigenvalue weighted by molar-refractivity contribution is 7.88. The van der Waals surface area contributed by atoms with E-state index in [1.54, 1.807) is 6.92 Å². The third-order valence-corrected chi connectivity index (χ3v) is 7.13. The summed E-state index contributed by atoms with van der Waals surface area (Å²) in [4.78, 5) is 40.5. The van der Waals surface area contributed by atoms with Crippen LogP contribution in [0, 0.1) is 11.6 Å². The van der Waals surface area contributed by atoms with Gasteiger partial charge in [0.1, 0.15) is 22.2 Å². The van der Waals surface area contributed by atoms with Crippen molar-refractivity contribution in [1.29, 1.82) is 0 Å². The van der Waals surface area contributed by atoms with Crippen molar-refractivity contribution in [2.24, 2.45) is 0 Å². The van der Waals surface area contributed by atoms with Crippen LogP contribution in [-0.4, -0.2) is 54.2 Å². The molecule has 3 N–H and O–H groups in total. The SMILES string of the molecule is CCN1C[C@H]2C[C@@H](NS(C)(=O)=O)c3c(C(=O)NCc4ccc(F)c(Cl)c4F)c(=O)c(O)c(n32)C1=O. The highest BCUT2D eigenvalue weighted by Crippen LogP contribution is 2.42. The minimum Gasteiger partial charge on any atom is -0.503 e. The van der Waals surface area contributed by atoms with E-state index in [1.165, 1.54) is 9.47 Å². The number of nitrogens with one attached hydrogen (secondary N) is 2. The van der Waals surface area contributed by atoms with Gasteiger partial charge < -0.3 is 19.9 Å². The summed E-state index contributed by atoms with van der Waals surface area (Å²) in [5.74, 6) is -4.69. The lowest BCUT2D eigenvalue weighted by atomic mass is 10.0. The molecule has 0 saturated heterocycles. The first-order valence-corrected chi connectivity index (χ1v) is 12.8. The molecule has 0 unspecified atom stereocenters. The van der Waals surface area contributed by atoms with Gasteiger partial charge in [0.25, 0.3) is 11.8 Å². The second kappa shape index (κ2) is 8.88. The van der Waals surface area contributed by atoms with Crippen LogP contribution in [-0.2, 0) is 16.6 Å². The van der Waals surface area contributed by atoms with Crippen LogP contribution >= 0.6 is 11.6 Å². The monoisotopic (exact) mass is 530 g/mol. The number of nitrogens with zero attached hydrogens (tertiary/aromatic N) is 2. The average molecular weight is 531 g/mol. The molecule has 0 aliphatic carbocycles. The van der Waals surface area contributed by atoms with Gasteiger partial charge in [-0.15, -0.1) is 0 Å². The minimum absolute atomic E-state index is 0.0718. The van der Waals surface area contributed by atoms with Crippen molar-refractivity contribution in [2.45, 2.75) is 32.0 Å². The van der Waals surface area contributed by atoms with Crippen molar-refractivity contribution in [2.75, 3.05) is 19.3 Å². The van der Waals surface area contributed by atoms with E-state index in [4.69, 9.17) is 11.6 Å². The molecule has 35 heavy (non-hydrogen) atoms. The Balaban J connectivity index is 1.82. The van der Waals surface area contributed by atoms with Crippen molar-refractivity contribution in [3.63, 3.8) is 0 Å². The van der Waals surface area contributed by atoms with Crippen LogP contribution in [0.1, 0.15) is 57.5 Å². The van der Waals surface area contributed by atoms with E-state index in [-0.39, 0.29) is 36.5 Å². The fraction of sp³-hybridized carbons (Fsp3) is 0.381. The number of benzene rings is 1. The number of likely N-dealkylation sites (N-methyl/N-ethyl adjacent to an activating group) is 1. The molecule has 188 valence electrons. The molecule has 2 aromatic rings. The maximum atomic E-state index is 14.2. The number of carbonyl (C=O) groups excluding carboxylic acids is 2. The van der Waals surface area contributed by atoms with Crippen molar-refractivity contribution < 1.29 is 31.9 Å². The zero-order chi connectivity index (χ0) is 25.8. The van der Waals surface area contributed by atoms with Gasteiger partial charge in [-0.05, 0) is 19.4 Å². The van der Waals surface area contributed by atoms with Crippen LogP contribution in [0.25, 0.3) is 0 Å². The minimum atomic E-state index is -3.80. The molecule has 0 fully saturated rings. The molecule has 3 heterocycles. The van der Waals surface area contributed by atoms with Gasteiger partial charge in [0.2, 0.25) is 15.5 Å². The van der Waals surface area contributed by atoms with E-state index >= 15 is 0 Å². The van der Waals surface area contributed by atoms with Gasteiger partial charge in [0.05, 0.1) is 24.0 Å². The van der Waals surface area contributed by atoms with Gasteiger partial charge >= 0.3 is 0 Å².